The number of ether oxygens (including phenoxy) is 1. The molecule has 110 valence electrons. The molecule has 0 saturated carbocycles. The highest BCUT2D eigenvalue weighted by atomic mass is 32.2. The second-order valence-electron chi connectivity index (χ2n) is 4.82. The molecule has 0 aromatic carbocycles. The van der Waals surface area contributed by atoms with E-state index in [2.05, 4.69) is 19.2 Å². The van der Waals surface area contributed by atoms with E-state index in [0.29, 0.717) is 38.0 Å². The van der Waals surface area contributed by atoms with Crippen molar-refractivity contribution in [3.63, 3.8) is 0 Å². The number of amides is 2. The van der Waals surface area contributed by atoms with Crippen LogP contribution in [0.5, 0.6) is 0 Å². The summed E-state index contributed by atoms with van der Waals surface area (Å²) in [6, 6.07) is -1.05. The van der Waals surface area contributed by atoms with Crippen molar-refractivity contribution in [3.8, 4) is 0 Å². The number of rotatable bonds is 6. The van der Waals surface area contributed by atoms with Crippen LogP contribution in [0.15, 0.2) is 0 Å². The monoisotopic (exact) mass is 290 g/mol. The molecule has 0 radical (unpaired) electrons. The Kier molecular flexibility index (Phi) is 7.01. The molecule has 1 rings (SSSR count). The maximum absolute atomic E-state index is 11.9. The lowest BCUT2D eigenvalue weighted by Gasteiger charge is -2.32. The van der Waals surface area contributed by atoms with Gasteiger partial charge in [-0.3, -0.25) is 0 Å². The molecule has 0 spiro atoms. The molecule has 0 aliphatic carbocycles. The molecule has 1 aliphatic heterocycles. The third-order valence-corrected chi connectivity index (χ3v) is 3.67. The van der Waals surface area contributed by atoms with Gasteiger partial charge in [-0.1, -0.05) is 13.8 Å². The fraction of sp³-hybridized carbons (Fsp3) is 0.833. The average molecular weight is 290 g/mol. The van der Waals surface area contributed by atoms with Crippen molar-refractivity contribution in [1.82, 2.24) is 10.2 Å². The van der Waals surface area contributed by atoms with Crippen LogP contribution in [0.1, 0.15) is 13.8 Å². The van der Waals surface area contributed by atoms with E-state index in [0.717, 1.165) is 5.75 Å². The smallest absolute Gasteiger partial charge is 0.327 e. The van der Waals surface area contributed by atoms with Crippen LogP contribution in [0.2, 0.25) is 0 Å². The Hall–Kier alpha value is -0.950. The van der Waals surface area contributed by atoms with Gasteiger partial charge in [0.25, 0.3) is 0 Å². The van der Waals surface area contributed by atoms with Gasteiger partial charge < -0.3 is 20.1 Å². The molecule has 6 nitrogen and oxygen atoms in total. The minimum absolute atomic E-state index is 0.319. The maximum atomic E-state index is 11.9. The summed E-state index contributed by atoms with van der Waals surface area (Å²) in [6.07, 6.45) is 0. The van der Waals surface area contributed by atoms with Crippen LogP contribution in [0.25, 0.3) is 0 Å². The van der Waals surface area contributed by atoms with Gasteiger partial charge in [0.05, 0.1) is 6.61 Å². The van der Waals surface area contributed by atoms with Gasteiger partial charge >= 0.3 is 12.0 Å². The van der Waals surface area contributed by atoms with Gasteiger partial charge in [-0.2, -0.15) is 11.8 Å². The van der Waals surface area contributed by atoms with E-state index in [1.807, 2.05) is 0 Å². The zero-order valence-corrected chi connectivity index (χ0v) is 12.2. The lowest BCUT2D eigenvalue weighted by Crippen LogP contribution is -2.54. The molecule has 19 heavy (non-hydrogen) atoms. The zero-order valence-electron chi connectivity index (χ0n) is 11.4. The first-order valence-corrected chi connectivity index (χ1v) is 7.60. The highest BCUT2D eigenvalue weighted by Crippen LogP contribution is 2.16. The number of hydrogen-bond donors (Lipinski definition) is 2. The van der Waals surface area contributed by atoms with E-state index in [-0.39, 0.29) is 6.03 Å². The lowest BCUT2D eigenvalue weighted by atomic mass is 10.2. The minimum atomic E-state index is -0.946. The van der Waals surface area contributed by atoms with E-state index in [9.17, 15) is 9.59 Å². The molecular formula is C12H22N2O4S. The summed E-state index contributed by atoms with van der Waals surface area (Å²) in [4.78, 5) is 24.3. The molecule has 1 heterocycles. The van der Waals surface area contributed by atoms with Crippen LogP contribution in [-0.2, 0) is 9.53 Å². The number of carboxylic acids is 1. The molecule has 0 aromatic heterocycles. The summed E-state index contributed by atoms with van der Waals surface area (Å²) in [5.41, 5.74) is 0. The minimum Gasteiger partial charge on any atom is -0.480 e. The molecule has 2 N–H and O–H groups in total. The number of nitrogens with one attached hydrogen (secondary N) is 1. The first-order valence-electron chi connectivity index (χ1n) is 6.45. The van der Waals surface area contributed by atoms with E-state index in [1.165, 1.54) is 4.90 Å². The normalized spacial score (nSPS) is 19.5. The second kappa shape index (κ2) is 8.27. The Balaban J connectivity index is 2.29. The largest absolute Gasteiger partial charge is 0.480 e. The quantitative estimate of drug-likeness (QED) is 0.710. The topological polar surface area (TPSA) is 78.9 Å². The maximum Gasteiger partial charge on any atom is 0.327 e. The number of aliphatic carboxylic acids is 1. The lowest BCUT2D eigenvalue weighted by molar-refractivity contribution is -0.141. The van der Waals surface area contributed by atoms with Gasteiger partial charge in [0, 0.05) is 31.2 Å². The molecule has 1 aliphatic rings. The molecule has 1 fully saturated rings. The number of carbonyl (C=O) groups is 2. The van der Waals surface area contributed by atoms with Crippen molar-refractivity contribution in [2.24, 2.45) is 5.92 Å². The van der Waals surface area contributed by atoms with Crippen molar-refractivity contribution in [2.75, 3.05) is 37.8 Å². The van der Waals surface area contributed by atoms with Gasteiger partial charge in [-0.25, -0.2) is 9.59 Å². The number of carboxylic acid groups (broad SMARTS) is 1. The van der Waals surface area contributed by atoms with Gasteiger partial charge in [0.15, 0.2) is 0 Å². The van der Waals surface area contributed by atoms with Gasteiger partial charge in [-0.05, 0) is 5.92 Å². The Morgan fingerprint density at radius 1 is 1.53 bits per heavy atom. The Morgan fingerprint density at radius 2 is 2.26 bits per heavy atom. The second-order valence-corrected chi connectivity index (χ2v) is 5.97. The third-order valence-electron chi connectivity index (χ3n) is 2.65. The molecular weight excluding hydrogens is 268 g/mol. The highest BCUT2D eigenvalue weighted by Gasteiger charge is 2.32. The number of nitrogens with zero attached hydrogens (tertiary/aromatic N) is 1. The third kappa shape index (κ3) is 5.69. The fourth-order valence-corrected chi connectivity index (χ4v) is 2.74. The fourth-order valence-electron chi connectivity index (χ4n) is 1.70. The van der Waals surface area contributed by atoms with Gasteiger partial charge in [-0.15, -0.1) is 0 Å². The molecule has 0 aromatic rings. The molecule has 1 atom stereocenters. The molecule has 1 unspecified atom stereocenters. The number of hydrogen-bond acceptors (Lipinski definition) is 4. The van der Waals surface area contributed by atoms with Crippen molar-refractivity contribution >= 4 is 23.8 Å². The molecule has 1 saturated heterocycles. The molecule has 2 amide bonds. The standard InChI is InChI=1S/C12H22N2O4S/c1-9(2)7-18-5-3-13-12(17)14-4-6-19-8-10(14)11(15)16/h9-10H,3-8H2,1-2H3,(H,13,17)(H,15,16). The predicted octanol–water partition coefficient (Wildman–Crippen LogP) is 0.871. The highest BCUT2D eigenvalue weighted by molar-refractivity contribution is 7.99. The van der Waals surface area contributed by atoms with Crippen molar-refractivity contribution in [3.05, 3.63) is 0 Å². The zero-order chi connectivity index (χ0) is 14.3. The SMILES string of the molecule is CC(C)COCCNC(=O)N1CCSCC1C(=O)O. The summed E-state index contributed by atoms with van der Waals surface area (Å²) < 4.78 is 5.35. The van der Waals surface area contributed by atoms with Crippen LogP contribution < -0.4 is 5.32 Å². The summed E-state index contributed by atoms with van der Waals surface area (Å²) in [6.45, 7) is 6.10. The van der Waals surface area contributed by atoms with Gasteiger partial charge in [0.2, 0.25) is 0 Å². The first kappa shape index (κ1) is 16.1. The molecule has 0 bridgehead atoms. The summed E-state index contributed by atoms with van der Waals surface area (Å²) in [5.74, 6) is 0.748. The first-order chi connectivity index (χ1) is 9.02. The van der Waals surface area contributed by atoms with Crippen molar-refractivity contribution in [1.29, 1.82) is 0 Å². The summed E-state index contributed by atoms with van der Waals surface area (Å²) >= 11 is 1.56. The van der Waals surface area contributed by atoms with Crippen LogP contribution in [-0.4, -0.2) is 65.9 Å². The van der Waals surface area contributed by atoms with Crippen LogP contribution in [0, 0.1) is 5.92 Å². The summed E-state index contributed by atoms with van der Waals surface area (Å²) in [5, 5.41) is 11.8. The Morgan fingerprint density at radius 3 is 2.89 bits per heavy atom. The number of carbonyl (C=O) groups excluding carboxylic acids is 1. The van der Waals surface area contributed by atoms with Crippen LogP contribution in [0.4, 0.5) is 4.79 Å². The molecule has 7 heteroatoms. The number of thioether (sulfide) groups is 1. The Labute approximate surface area is 117 Å². The van der Waals surface area contributed by atoms with E-state index < -0.39 is 12.0 Å². The van der Waals surface area contributed by atoms with Crippen LogP contribution >= 0.6 is 11.8 Å². The van der Waals surface area contributed by atoms with Gasteiger partial charge in [0.1, 0.15) is 6.04 Å². The van der Waals surface area contributed by atoms with E-state index >= 15 is 0 Å². The van der Waals surface area contributed by atoms with Crippen molar-refractivity contribution in [2.45, 2.75) is 19.9 Å². The van der Waals surface area contributed by atoms with E-state index in [4.69, 9.17) is 9.84 Å². The Bertz CT molecular complexity index is 312. The predicted molar refractivity (Wildman–Crippen MR) is 74.5 cm³/mol. The average Bonchev–Trinajstić information content (AvgIpc) is 2.37. The summed E-state index contributed by atoms with van der Waals surface area (Å²) in [7, 11) is 0. The van der Waals surface area contributed by atoms with E-state index in [1.54, 1.807) is 11.8 Å². The van der Waals surface area contributed by atoms with Crippen molar-refractivity contribution < 1.29 is 19.4 Å². The van der Waals surface area contributed by atoms with Crippen LogP contribution in [0.3, 0.4) is 0 Å². The number of urea groups is 1.